The number of hydrogen-bond acceptors (Lipinski definition) is 20. The second kappa shape index (κ2) is 21.9. The van der Waals surface area contributed by atoms with Crippen LogP contribution in [0, 0.1) is 0 Å². The zero-order valence-electron chi connectivity index (χ0n) is 41.3. The Morgan fingerprint density at radius 3 is 1.40 bits per heavy atom. The molecule has 22 nitrogen and oxygen atoms in total. The molecule has 0 spiro atoms. The van der Waals surface area contributed by atoms with Crippen LogP contribution in [0.4, 0.5) is 0 Å². The average Bonchev–Trinajstić information content (AvgIpc) is 4.24. The Kier molecular flexibility index (Phi) is 15.5. The number of hydrogen-bond donors (Lipinski definition) is 0. The van der Waals surface area contributed by atoms with Crippen LogP contribution >= 0.6 is 0 Å². The number of ether oxygens (including phenoxy) is 14. The summed E-state index contributed by atoms with van der Waals surface area (Å²) in [5.74, 6) is -2.63. The van der Waals surface area contributed by atoms with Crippen LogP contribution in [0.5, 0.6) is 0 Å². The van der Waals surface area contributed by atoms with Gasteiger partial charge in [-0.05, 0) is 52.7 Å². The van der Waals surface area contributed by atoms with Gasteiger partial charge in [0.2, 0.25) is 0 Å². The normalized spacial score (nSPS) is 31.8. The number of aromatic nitrogens is 6. The molecule has 6 aliphatic rings. The van der Waals surface area contributed by atoms with Gasteiger partial charge in [0.15, 0.2) is 24.2 Å². The van der Waals surface area contributed by atoms with Crippen molar-refractivity contribution in [1.29, 1.82) is 0 Å². The van der Waals surface area contributed by atoms with Crippen molar-refractivity contribution in [3.63, 3.8) is 0 Å². The summed E-state index contributed by atoms with van der Waals surface area (Å²) in [5.41, 5.74) is 2.97. The molecule has 6 saturated heterocycles. The third kappa shape index (κ3) is 11.4. The van der Waals surface area contributed by atoms with E-state index in [2.05, 4.69) is 20.6 Å². The Labute approximate surface area is 416 Å². The predicted molar refractivity (Wildman–Crippen MR) is 245 cm³/mol. The maximum absolute atomic E-state index is 13.1. The Bertz CT molecular complexity index is 2260. The zero-order valence-corrected chi connectivity index (χ0v) is 41.3. The third-order valence-electron chi connectivity index (χ3n) is 13.4. The lowest BCUT2D eigenvalue weighted by Gasteiger charge is -2.30. The van der Waals surface area contributed by atoms with Crippen molar-refractivity contribution in [2.24, 2.45) is 0 Å². The Hall–Kier alpha value is -4.82. The molecule has 8 heterocycles. The number of nitrogens with zero attached hydrogens (tertiary/aromatic N) is 6. The minimum atomic E-state index is -0.889. The molecule has 72 heavy (non-hydrogen) atoms. The van der Waals surface area contributed by atoms with E-state index in [0.29, 0.717) is 11.4 Å². The van der Waals surface area contributed by atoms with Gasteiger partial charge in [0.05, 0.1) is 90.2 Å². The van der Waals surface area contributed by atoms with Gasteiger partial charge in [0.1, 0.15) is 72.4 Å². The molecule has 390 valence electrons. The number of carbonyl (C=O) groups is 2. The second-order valence-corrected chi connectivity index (χ2v) is 19.5. The van der Waals surface area contributed by atoms with Crippen molar-refractivity contribution >= 4 is 11.9 Å². The third-order valence-corrected chi connectivity index (χ3v) is 13.4. The van der Waals surface area contributed by atoms with E-state index >= 15 is 0 Å². The first-order valence-electron chi connectivity index (χ1n) is 24.8. The first kappa shape index (κ1) is 50.7. The van der Waals surface area contributed by atoms with Crippen molar-refractivity contribution in [1.82, 2.24) is 30.0 Å². The fraction of sp³-hybridized carbons (Fsp3) is 0.640. The maximum Gasteiger partial charge on any atom is 0.308 e. The number of fused-ring (bicyclic) bond motifs is 3. The summed E-state index contributed by atoms with van der Waals surface area (Å²) in [6.07, 6.45) is -3.59. The largest absolute Gasteiger partial charge is 0.466 e. The zero-order chi connectivity index (χ0) is 50.0. The van der Waals surface area contributed by atoms with E-state index in [9.17, 15) is 9.59 Å². The minimum absolute atomic E-state index is 0.0695. The molecular weight excluding hydrogens is 941 g/mol. The quantitative estimate of drug-likeness (QED) is 0.101. The van der Waals surface area contributed by atoms with Gasteiger partial charge in [-0.2, -0.15) is 0 Å². The van der Waals surface area contributed by atoms with Crippen molar-refractivity contribution in [2.75, 3.05) is 26.4 Å². The van der Waals surface area contributed by atoms with Crippen LogP contribution in [-0.4, -0.2) is 154 Å². The van der Waals surface area contributed by atoms with E-state index in [-0.39, 0.29) is 65.7 Å². The highest BCUT2D eigenvalue weighted by molar-refractivity contribution is 5.70. The molecule has 0 saturated carbocycles. The number of carbonyl (C=O) groups excluding carboxylic acids is 2. The smallest absolute Gasteiger partial charge is 0.308 e. The van der Waals surface area contributed by atoms with Gasteiger partial charge in [-0.15, -0.1) is 10.2 Å². The van der Waals surface area contributed by atoms with Crippen LogP contribution in [0.3, 0.4) is 0 Å². The second-order valence-electron chi connectivity index (χ2n) is 19.5. The van der Waals surface area contributed by atoms with Crippen LogP contribution in [-0.2, 0) is 102 Å². The molecule has 4 aromatic rings. The standard InChI is InChI=1S/C50H64N6O16/c1-7-59-37(57)19-33(39-43(63-23-29-15-11-9-12-16-29)45-47(67-39)71-49(3,4)69-45)55-21-31(51-53-55)25-61-35-27-65-42-36(28-66-41(35)42)62-26-32-22-56(54-52-32)34(20-38(58)60-8-2)40-44(64-24-30-17-13-10-14-18-30)46-48(68-40)72-50(5,6)70-46/h9-18,21-22,33-36,39-48H,7-8,19-20,23-28H2,1-6H3/t33-,34-,35-,36-,39-,40-,41-,42-,43+,44+,45-,46-,47-,48-/m1/s1. The van der Waals surface area contributed by atoms with E-state index in [1.807, 2.05) is 88.4 Å². The molecule has 0 amide bonds. The fourth-order valence-electron chi connectivity index (χ4n) is 10.2. The Morgan fingerprint density at radius 2 is 1.00 bits per heavy atom. The predicted octanol–water partition coefficient (Wildman–Crippen LogP) is 4.05. The monoisotopic (exact) mass is 1000 g/mol. The van der Waals surface area contributed by atoms with Gasteiger partial charge in [-0.25, -0.2) is 9.36 Å². The highest BCUT2D eigenvalue weighted by atomic mass is 16.9. The topological polar surface area (TPSA) is 225 Å². The van der Waals surface area contributed by atoms with E-state index in [0.717, 1.165) is 11.1 Å². The highest BCUT2D eigenvalue weighted by Crippen LogP contribution is 2.45. The highest BCUT2D eigenvalue weighted by Gasteiger charge is 2.59. The van der Waals surface area contributed by atoms with Crippen molar-refractivity contribution in [2.45, 2.75) is 178 Å². The van der Waals surface area contributed by atoms with Crippen molar-refractivity contribution in [3.8, 4) is 0 Å². The summed E-state index contributed by atoms with van der Waals surface area (Å²) >= 11 is 0. The first-order valence-corrected chi connectivity index (χ1v) is 24.8. The van der Waals surface area contributed by atoms with Gasteiger partial charge in [-0.1, -0.05) is 71.1 Å². The van der Waals surface area contributed by atoms with Gasteiger partial charge >= 0.3 is 11.9 Å². The molecule has 22 heteroatoms. The van der Waals surface area contributed by atoms with E-state index in [4.69, 9.17) is 66.3 Å². The van der Waals surface area contributed by atoms with Crippen LogP contribution in [0.25, 0.3) is 0 Å². The molecule has 2 aromatic carbocycles. The molecule has 0 radical (unpaired) electrons. The molecule has 6 fully saturated rings. The van der Waals surface area contributed by atoms with Gasteiger partial charge in [0.25, 0.3) is 0 Å². The molecule has 2 aromatic heterocycles. The van der Waals surface area contributed by atoms with Gasteiger partial charge in [-0.3, -0.25) is 9.59 Å². The molecule has 0 unspecified atom stereocenters. The number of esters is 2. The SMILES string of the molecule is CCOC(=O)C[C@H]([C@H]1O[C@@H]2OC(C)(C)O[C@@H]2[C@H]1OCc1ccccc1)n1cc(CO[C@@H]2CO[C@H]3[C@@H]2OC[C@H]3OCc2cn([C@H](CC(=O)OCC)[C@H]3O[C@@H]4OC(C)(C)O[C@@H]4[C@H]3OCc3ccccc3)nn2)nn1. The average molecular weight is 1010 g/mol. The Morgan fingerprint density at radius 1 is 0.583 bits per heavy atom. The van der Waals surface area contributed by atoms with Crippen molar-refractivity contribution in [3.05, 3.63) is 95.6 Å². The lowest BCUT2D eigenvalue weighted by molar-refractivity contribution is -0.225. The molecule has 0 N–H and O–H groups in total. The van der Waals surface area contributed by atoms with Crippen molar-refractivity contribution < 1.29 is 75.9 Å². The van der Waals surface area contributed by atoms with Crippen LogP contribution in [0.2, 0.25) is 0 Å². The fourth-order valence-corrected chi connectivity index (χ4v) is 10.2. The summed E-state index contributed by atoms with van der Waals surface area (Å²) in [5, 5.41) is 17.7. The van der Waals surface area contributed by atoms with Crippen LogP contribution in [0.15, 0.2) is 73.1 Å². The molecule has 0 aliphatic carbocycles. The Balaban J connectivity index is 0.766. The number of benzene rings is 2. The molecule has 6 aliphatic heterocycles. The summed E-state index contributed by atoms with van der Waals surface area (Å²) in [6, 6.07) is 18.2. The molecular formula is C50H64N6O16. The minimum Gasteiger partial charge on any atom is -0.466 e. The van der Waals surface area contributed by atoms with Gasteiger partial charge in [0, 0.05) is 0 Å². The lowest BCUT2D eigenvalue weighted by Crippen LogP contribution is -2.42. The van der Waals surface area contributed by atoms with Gasteiger partial charge < -0.3 is 66.3 Å². The molecule has 14 atom stereocenters. The molecule has 0 bridgehead atoms. The summed E-state index contributed by atoms with van der Waals surface area (Å²) in [6.45, 7) is 12.5. The maximum atomic E-state index is 13.1. The van der Waals surface area contributed by atoms with Crippen LogP contribution < -0.4 is 0 Å². The molecule has 10 rings (SSSR count). The summed E-state index contributed by atoms with van der Waals surface area (Å²) in [4.78, 5) is 26.2. The van der Waals surface area contributed by atoms with E-state index < -0.39 is 109 Å². The van der Waals surface area contributed by atoms with E-state index in [1.54, 1.807) is 35.6 Å². The first-order chi connectivity index (χ1) is 34.8. The number of rotatable bonds is 22. The van der Waals surface area contributed by atoms with E-state index in [1.165, 1.54) is 0 Å². The van der Waals surface area contributed by atoms with Crippen LogP contribution in [0.1, 0.15) is 89.0 Å². The lowest BCUT2D eigenvalue weighted by atomic mass is 10.0. The summed E-state index contributed by atoms with van der Waals surface area (Å²) < 4.78 is 89.8. The summed E-state index contributed by atoms with van der Waals surface area (Å²) in [7, 11) is 0.